The Bertz CT molecular complexity index is 581. The molecule has 0 unspecified atom stereocenters. The van der Waals surface area contributed by atoms with E-state index >= 15 is 0 Å². The highest BCUT2D eigenvalue weighted by atomic mass is 16.6. The normalized spacial score (nSPS) is 9.78. The minimum absolute atomic E-state index is 0.0589. The Kier molecular flexibility index (Phi) is 3.33. The summed E-state index contributed by atoms with van der Waals surface area (Å²) in [5, 5.41) is 10.8. The van der Waals surface area contributed by atoms with Gasteiger partial charge in [0, 0.05) is 6.07 Å². The van der Waals surface area contributed by atoms with Gasteiger partial charge in [-0.15, -0.1) is 0 Å². The van der Waals surface area contributed by atoms with Crippen LogP contribution in [-0.4, -0.2) is 11.4 Å². The second kappa shape index (κ2) is 5.09. The first-order chi connectivity index (χ1) is 8.72. The molecule has 90 valence electrons. The fourth-order valence-electron chi connectivity index (χ4n) is 1.62. The lowest BCUT2D eigenvalue weighted by Gasteiger charge is -2.04. The zero-order chi connectivity index (χ0) is 13.0. The van der Waals surface area contributed by atoms with Crippen molar-refractivity contribution >= 4 is 12.2 Å². The van der Waals surface area contributed by atoms with Crippen LogP contribution in [0.25, 0.3) is 11.1 Å². The van der Waals surface area contributed by atoms with Gasteiger partial charge in [-0.2, -0.15) is 0 Å². The van der Waals surface area contributed by atoms with E-state index in [0.29, 0.717) is 0 Å². The Morgan fingerprint density at radius 2 is 1.78 bits per heavy atom. The van der Waals surface area contributed by atoms with E-state index in [1.807, 2.05) is 30.3 Å². The van der Waals surface area contributed by atoms with Crippen molar-refractivity contribution in [1.29, 1.82) is 0 Å². The Morgan fingerprint density at radius 1 is 1.06 bits per heavy atom. The van der Waals surface area contributed by atoms with E-state index in [1.165, 1.54) is 12.1 Å². The molecule has 2 rings (SSSR count). The Labute approximate surface area is 103 Å². The lowest BCUT2D eigenvalue weighted by molar-refractivity contribution is -0.385. The minimum Gasteiger partial charge on any atom is -0.421 e. The molecule has 0 aliphatic heterocycles. The fourth-order valence-corrected chi connectivity index (χ4v) is 1.62. The molecule has 0 saturated carbocycles. The molecule has 2 aromatic rings. The Balaban J connectivity index is 2.49. The molecule has 2 aromatic carbocycles. The van der Waals surface area contributed by atoms with Gasteiger partial charge >= 0.3 is 5.69 Å². The largest absolute Gasteiger partial charge is 0.421 e. The molecule has 0 aliphatic carbocycles. The number of carbonyl (C=O) groups is 1. The van der Waals surface area contributed by atoms with E-state index in [0.717, 1.165) is 11.1 Å². The van der Waals surface area contributed by atoms with Gasteiger partial charge in [0.05, 0.1) is 4.92 Å². The standard InChI is InChI=1S/C13H9NO4/c15-9-18-13-8-11(6-7-12(13)14(16)17)10-4-2-1-3-5-10/h1-9H. The lowest BCUT2D eigenvalue weighted by Crippen LogP contribution is -1.96. The summed E-state index contributed by atoms with van der Waals surface area (Å²) in [5.74, 6) is -0.0589. The smallest absolute Gasteiger partial charge is 0.311 e. The van der Waals surface area contributed by atoms with Crippen LogP contribution in [0.15, 0.2) is 48.5 Å². The van der Waals surface area contributed by atoms with Gasteiger partial charge in [-0.3, -0.25) is 14.9 Å². The van der Waals surface area contributed by atoms with E-state index in [4.69, 9.17) is 0 Å². The van der Waals surface area contributed by atoms with Crippen LogP contribution < -0.4 is 4.74 Å². The predicted octanol–water partition coefficient (Wildman–Crippen LogP) is 2.80. The second-order valence-corrected chi connectivity index (χ2v) is 3.52. The second-order valence-electron chi connectivity index (χ2n) is 3.52. The third kappa shape index (κ3) is 2.35. The minimum atomic E-state index is -0.590. The molecule has 0 aliphatic rings. The van der Waals surface area contributed by atoms with Crippen molar-refractivity contribution in [3.8, 4) is 16.9 Å². The van der Waals surface area contributed by atoms with Crippen molar-refractivity contribution in [2.24, 2.45) is 0 Å². The van der Waals surface area contributed by atoms with Crippen LogP contribution in [0.5, 0.6) is 5.75 Å². The van der Waals surface area contributed by atoms with Crippen LogP contribution in [-0.2, 0) is 4.79 Å². The van der Waals surface area contributed by atoms with Crippen molar-refractivity contribution in [2.45, 2.75) is 0 Å². The number of rotatable bonds is 4. The molecule has 0 saturated heterocycles. The zero-order valence-electron chi connectivity index (χ0n) is 9.28. The first-order valence-electron chi connectivity index (χ1n) is 5.16. The molecule has 0 fully saturated rings. The SMILES string of the molecule is O=COc1cc(-c2ccccc2)ccc1[N+](=O)[O-]. The van der Waals surface area contributed by atoms with Crippen LogP contribution in [0.2, 0.25) is 0 Å². The predicted molar refractivity (Wildman–Crippen MR) is 65.2 cm³/mol. The average molecular weight is 243 g/mol. The third-order valence-corrected chi connectivity index (χ3v) is 2.44. The quantitative estimate of drug-likeness (QED) is 0.470. The van der Waals surface area contributed by atoms with Gasteiger partial charge < -0.3 is 4.74 Å². The maximum Gasteiger partial charge on any atom is 0.311 e. The van der Waals surface area contributed by atoms with Crippen molar-refractivity contribution in [3.05, 3.63) is 58.6 Å². The highest BCUT2D eigenvalue weighted by molar-refractivity contribution is 5.69. The topological polar surface area (TPSA) is 69.4 Å². The van der Waals surface area contributed by atoms with E-state index in [1.54, 1.807) is 6.07 Å². The van der Waals surface area contributed by atoms with Gasteiger partial charge in [-0.05, 0) is 23.3 Å². The summed E-state index contributed by atoms with van der Waals surface area (Å²) in [7, 11) is 0. The molecular formula is C13H9NO4. The van der Waals surface area contributed by atoms with Crippen molar-refractivity contribution < 1.29 is 14.5 Å². The number of benzene rings is 2. The first-order valence-corrected chi connectivity index (χ1v) is 5.16. The number of hydrogen-bond acceptors (Lipinski definition) is 4. The number of hydrogen-bond donors (Lipinski definition) is 0. The summed E-state index contributed by atoms with van der Waals surface area (Å²) in [5.41, 5.74) is 1.41. The molecule has 18 heavy (non-hydrogen) atoms. The van der Waals surface area contributed by atoms with Gasteiger partial charge in [0.1, 0.15) is 0 Å². The molecule has 0 N–H and O–H groups in total. The van der Waals surface area contributed by atoms with E-state index < -0.39 is 4.92 Å². The maximum atomic E-state index is 10.8. The molecular weight excluding hydrogens is 234 g/mol. The van der Waals surface area contributed by atoms with Gasteiger partial charge in [-0.1, -0.05) is 30.3 Å². The van der Waals surface area contributed by atoms with Crippen molar-refractivity contribution in [2.75, 3.05) is 0 Å². The highest BCUT2D eigenvalue weighted by Gasteiger charge is 2.16. The maximum absolute atomic E-state index is 10.8. The van der Waals surface area contributed by atoms with Gasteiger partial charge in [0.25, 0.3) is 6.47 Å². The lowest BCUT2D eigenvalue weighted by atomic mass is 10.1. The monoisotopic (exact) mass is 243 g/mol. The number of carbonyl (C=O) groups excluding carboxylic acids is 1. The summed E-state index contributed by atoms with van der Waals surface area (Å²) < 4.78 is 4.64. The van der Waals surface area contributed by atoms with E-state index in [-0.39, 0.29) is 17.9 Å². The average Bonchev–Trinajstić information content (AvgIpc) is 2.40. The molecule has 0 atom stereocenters. The number of ether oxygens (including phenoxy) is 1. The van der Waals surface area contributed by atoms with Gasteiger partial charge in [0.15, 0.2) is 0 Å². The number of nitrogens with zero attached hydrogens (tertiary/aromatic N) is 1. The molecule has 0 heterocycles. The van der Waals surface area contributed by atoms with E-state index in [9.17, 15) is 14.9 Å². The first kappa shape index (κ1) is 11.8. The fraction of sp³-hybridized carbons (Fsp3) is 0. The van der Waals surface area contributed by atoms with Crippen LogP contribution in [0.3, 0.4) is 0 Å². The van der Waals surface area contributed by atoms with Crippen LogP contribution >= 0.6 is 0 Å². The number of nitro benzene ring substituents is 1. The van der Waals surface area contributed by atoms with Crippen LogP contribution in [0, 0.1) is 10.1 Å². The third-order valence-electron chi connectivity index (χ3n) is 2.44. The summed E-state index contributed by atoms with van der Waals surface area (Å²) in [6.07, 6.45) is 0. The van der Waals surface area contributed by atoms with Crippen molar-refractivity contribution in [1.82, 2.24) is 0 Å². The molecule has 0 bridgehead atoms. The van der Waals surface area contributed by atoms with Gasteiger partial charge in [-0.25, -0.2) is 0 Å². The Hall–Kier alpha value is -2.69. The molecule has 0 aromatic heterocycles. The summed E-state index contributed by atoms with van der Waals surface area (Å²) >= 11 is 0. The number of nitro groups is 1. The highest BCUT2D eigenvalue weighted by Crippen LogP contribution is 2.31. The molecule has 5 heteroatoms. The summed E-state index contributed by atoms with van der Waals surface area (Å²) in [6.45, 7) is 0.178. The van der Waals surface area contributed by atoms with Crippen molar-refractivity contribution in [3.63, 3.8) is 0 Å². The van der Waals surface area contributed by atoms with Gasteiger partial charge in [0.2, 0.25) is 5.75 Å². The molecule has 0 spiro atoms. The molecule has 0 amide bonds. The summed E-state index contributed by atoms with van der Waals surface area (Å²) in [6, 6.07) is 13.7. The van der Waals surface area contributed by atoms with Crippen LogP contribution in [0.4, 0.5) is 5.69 Å². The summed E-state index contributed by atoms with van der Waals surface area (Å²) in [4.78, 5) is 20.5. The molecule has 0 radical (unpaired) electrons. The molecule has 5 nitrogen and oxygen atoms in total. The van der Waals surface area contributed by atoms with Crippen LogP contribution in [0.1, 0.15) is 0 Å². The Morgan fingerprint density at radius 3 is 2.39 bits per heavy atom. The zero-order valence-corrected chi connectivity index (χ0v) is 9.28. The van der Waals surface area contributed by atoms with E-state index in [2.05, 4.69) is 4.74 Å².